The summed E-state index contributed by atoms with van der Waals surface area (Å²) in [6, 6.07) is 7.84. The monoisotopic (exact) mass is 473 g/mol. The van der Waals surface area contributed by atoms with Crippen molar-refractivity contribution >= 4 is 16.7 Å². The summed E-state index contributed by atoms with van der Waals surface area (Å²) in [6.07, 6.45) is 3.04. The molecule has 33 heavy (non-hydrogen) atoms. The van der Waals surface area contributed by atoms with Gasteiger partial charge in [0.05, 0.1) is 52.4 Å². The van der Waals surface area contributed by atoms with Gasteiger partial charge in [0.25, 0.3) is 0 Å². The molecule has 1 aliphatic heterocycles. The number of carbonyl (C=O) groups is 1. The minimum absolute atomic E-state index is 0. The van der Waals surface area contributed by atoms with E-state index in [1.54, 1.807) is 28.4 Å². The molecular formula is C25H28ClNO6. The highest BCUT2D eigenvalue weighted by molar-refractivity contribution is 5.97. The van der Waals surface area contributed by atoms with Gasteiger partial charge in [-0.15, -0.1) is 0 Å². The van der Waals surface area contributed by atoms with Crippen LogP contribution in [0.3, 0.4) is 0 Å². The van der Waals surface area contributed by atoms with Crippen LogP contribution < -0.4 is 35.9 Å². The lowest BCUT2D eigenvalue weighted by Gasteiger charge is -2.21. The Morgan fingerprint density at radius 2 is 1.64 bits per heavy atom. The van der Waals surface area contributed by atoms with E-state index in [0.717, 1.165) is 46.1 Å². The largest absolute Gasteiger partial charge is 1.00 e. The highest BCUT2D eigenvalue weighted by atomic mass is 35.5. The molecule has 0 atom stereocenters. The van der Waals surface area contributed by atoms with Crippen LogP contribution in [0.2, 0.25) is 0 Å². The van der Waals surface area contributed by atoms with Gasteiger partial charge < -0.3 is 36.1 Å². The number of aromatic nitrogens is 1. The number of aryl methyl sites for hydroxylation is 2. The molecule has 0 unspecified atom stereocenters. The fourth-order valence-electron chi connectivity index (χ4n) is 4.48. The second kappa shape index (κ2) is 10.2. The van der Waals surface area contributed by atoms with Gasteiger partial charge in [0, 0.05) is 17.4 Å². The number of nitrogens with zero attached hydrogens (tertiary/aromatic N) is 1. The van der Waals surface area contributed by atoms with Crippen LogP contribution in [0.25, 0.3) is 22.0 Å². The summed E-state index contributed by atoms with van der Waals surface area (Å²) in [5.74, 6) is 2.35. The fraction of sp³-hybridized carbons (Fsp3) is 0.360. The summed E-state index contributed by atoms with van der Waals surface area (Å²) < 4.78 is 29.8. The number of fused-ring (bicyclic) bond motifs is 4. The van der Waals surface area contributed by atoms with Crippen molar-refractivity contribution in [3.05, 3.63) is 41.6 Å². The molecule has 0 radical (unpaired) electrons. The van der Waals surface area contributed by atoms with Gasteiger partial charge in [0.15, 0.2) is 35.7 Å². The number of hydrogen-bond donors (Lipinski definition) is 0. The first-order chi connectivity index (χ1) is 15.6. The molecule has 0 N–H and O–H groups in total. The molecule has 2 heterocycles. The van der Waals surface area contributed by atoms with Crippen LogP contribution in [-0.2, 0) is 28.9 Å². The zero-order chi connectivity index (χ0) is 22.8. The number of ether oxygens (including phenoxy) is 5. The van der Waals surface area contributed by atoms with Gasteiger partial charge in [-0.2, -0.15) is 4.57 Å². The first-order valence-corrected chi connectivity index (χ1v) is 10.6. The average molecular weight is 474 g/mol. The molecule has 0 spiro atoms. The van der Waals surface area contributed by atoms with Gasteiger partial charge in [-0.3, -0.25) is 4.79 Å². The van der Waals surface area contributed by atoms with E-state index in [0.29, 0.717) is 29.6 Å². The van der Waals surface area contributed by atoms with Crippen molar-refractivity contribution in [2.75, 3.05) is 35.0 Å². The molecule has 4 rings (SSSR count). The molecule has 7 nitrogen and oxygen atoms in total. The Morgan fingerprint density at radius 1 is 0.939 bits per heavy atom. The minimum atomic E-state index is -0.273. The predicted octanol–water partition coefficient (Wildman–Crippen LogP) is 0.494. The van der Waals surface area contributed by atoms with Gasteiger partial charge in [-0.25, -0.2) is 0 Å². The van der Waals surface area contributed by atoms with E-state index >= 15 is 0 Å². The molecule has 0 bridgehead atoms. The number of methoxy groups -OCH3 is 4. The molecule has 1 aliphatic rings. The summed E-state index contributed by atoms with van der Waals surface area (Å²) in [6.45, 7) is 2.90. The van der Waals surface area contributed by atoms with Crippen molar-refractivity contribution in [2.24, 2.45) is 0 Å². The smallest absolute Gasteiger partial charge is 0.310 e. The van der Waals surface area contributed by atoms with Crippen molar-refractivity contribution in [3.63, 3.8) is 0 Å². The Bertz CT molecular complexity index is 1190. The maximum atomic E-state index is 12.6. The van der Waals surface area contributed by atoms with E-state index < -0.39 is 0 Å². The average Bonchev–Trinajstić information content (AvgIpc) is 2.81. The number of carbonyl (C=O) groups excluding carboxylic acids is 1. The predicted molar refractivity (Wildman–Crippen MR) is 120 cm³/mol. The Morgan fingerprint density at radius 3 is 2.27 bits per heavy atom. The van der Waals surface area contributed by atoms with Crippen LogP contribution in [0, 0.1) is 0 Å². The minimum Gasteiger partial charge on any atom is -1.00 e. The number of esters is 1. The zero-order valence-electron chi connectivity index (χ0n) is 19.5. The topological polar surface area (TPSA) is 67.1 Å². The maximum absolute atomic E-state index is 12.6. The Kier molecular flexibility index (Phi) is 7.53. The van der Waals surface area contributed by atoms with E-state index in [-0.39, 0.29) is 24.8 Å². The molecule has 0 amide bonds. The van der Waals surface area contributed by atoms with Crippen LogP contribution >= 0.6 is 0 Å². The third kappa shape index (κ3) is 4.25. The number of pyridine rings is 1. The van der Waals surface area contributed by atoms with Crippen LogP contribution in [-0.4, -0.2) is 41.0 Å². The SMILES string of the molecule is CCOC(=O)Cc1c2[n+](cc3c(OC)c(OC)ccc13)CCc1cc(OC)c(OC)cc1-2.[Cl-]. The van der Waals surface area contributed by atoms with Crippen molar-refractivity contribution in [3.8, 4) is 34.3 Å². The summed E-state index contributed by atoms with van der Waals surface area (Å²) in [4.78, 5) is 12.6. The molecule has 2 aromatic carbocycles. The van der Waals surface area contributed by atoms with Crippen LogP contribution in [0.4, 0.5) is 0 Å². The lowest BCUT2D eigenvalue weighted by Crippen LogP contribution is -3.00. The van der Waals surface area contributed by atoms with Crippen LogP contribution in [0.15, 0.2) is 30.5 Å². The van der Waals surface area contributed by atoms with Crippen molar-refractivity contribution in [1.29, 1.82) is 0 Å². The molecule has 1 aromatic heterocycles. The number of hydrogen-bond acceptors (Lipinski definition) is 6. The normalized spacial score (nSPS) is 11.7. The molecule has 8 heteroatoms. The highest BCUT2D eigenvalue weighted by Crippen LogP contribution is 2.42. The van der Waals surface area contributed by atoms with Crippen LogP contribution in [0.1, 0.15) is 18.1 Å². The van der Waals surface area contributed by atoms with E-state index in [9.17, 15) is 4.79 Å². The first kappa shape index (κ1) is 24.5. The molecule has 0 saturated carbocycles. The Hall–Kier alpha value is -3.19. The number of rotatable bonds is 7. The highest BCUT2D eigenvalue weighted by Gasteiger charge is 2.32. The summed E-state index contributed by atoms with van der Waals surface area (Å²) in [5, 5.41) is 1.81. The fourth-order valence-corrected chi connectivity index (χ4v) is 4.48. The summed E-state index contributed by atoms with van der Waals surface area (Å²) in [5.41, 5.74) is 4.02. The lowest BCUT2D eigenvalue weighted by atomic mass is 9.90. The van der Waals surface area contributed by atoms with E-state index in [4.69, 9.17) is 23.7 Å². The van der Waals surface area contributed by atoms with Gasteiger partial charge in [0.2, 0.25) is 5.69 Å². The Labute approximate surface area is 199 Å². The summed E-state index contributed by atoms with van der Waals surface area (Å²) >= 11 is 0. The molecule has 0 aliphatic carbocycles. The zero-order valence-corrected chi connectivity index (χ0v) is 20.2. The Balaban J connectivity index is 0.00000306. The third-order valence-corrected chi connectivity index (χ3v) is 5.88. The quantitative estimate of drug-likeness (QED) is 0.368. The van der Waals surface area contributed by atoms with Gasteiger partial charge in [-0.05, 0) is 36.8 Å². The second-order valence-corrected chi connectivity index (χ2v) is 7.51. The third-order valence-electron chi connectivity index (χ3n) is 5.88. The van der Waals surface area contributed by atoms with Crippen molar-refractivity contribution in [2.45, 2.75) is 26.3 Å². The lowest BCUT2D eigenvalue weighted by molar-refractivity contribution is -0.686. The number of halogens is 1. The molecular weight excluding hydrogens is 446 g/mol. The standard InChI is InChI=1S/C25H28NO6.ClH/c1-6-32-23(27)13-18-16-7-8-20(28-2)25(31-5)19(16)14-26-10-9-15-11-21(29-3)22(30-4)12-17(15)24(18)26;/h7-8,11-12,14H,6,9-10,13H2,1-5H3;1H/q+1;/p-1. The number of benzene rings is 2. The first-order valence-electron chi connectivity index (χ1n) is 10.6. The van der Waals surface area contributed by atoms with Crippen molar-refractivity contribution < 1.29 is 45.5 Å². The second-order valence-electron chi connectivity index (χ2n) is 7.51. The van der Waals surface area contributed by atoms with Gasteiger partial charge in [-0.1, -0.05) is 0 Å². The molecule has 176 valence electrons. The van der Waals surface area contributed by atoms with Gasteiger partial charge >= 0.3 is 5.97 Å². The van der Waals surface area contributed by atoms with E-state index in [1.165, 1.54) is 0 Å². The van der Waals surface area contributed by atoms with Crippen molar-refractivity contribution in [1.82, 2.24) is 0 Å². The van der Waals surface area contributed by atoms with E-state index in [2.05, 4.69) is 10.8 Å². The molecule has 0 saturated heterocycles. The summed E-state index contributed by atoms with van der Waals surface area (Å²) in [7, 11) is 6.50. The maximum Gasteiger partial charge on any atom is 0.310 e. The van der Waals surface area contributed by atoms with E-state index in [1.807, 2.05) is 31.2 Å². The molecule has 0 fully saturated rings. The van der Waals surface area contributed by atoms with Gasteiger partial charge in [0.1, 0.15) is 0 Å². The van der Waals surface area contributed by atoms with Crippen LogP contribution in [0.5, 0.6) is 23.0 Å². The molecule has 3 aromatic rings.